The molecule has 0 bridgehead atoms. The molecule has 0 amide bonds. The molecule has 0 aliphatic carbocycles. The summed E-state index contributed by atoms with van der Waals surface area (Å²) in [6.07, 6.45) is 3.11. The van der Waals surface area contributed by atoms with E-state index in [4.69, 9.17) is 0 Å². The maximum absolute atomic E-state index is 4.43. The summed E-state index contributed by atoms with van der Waals surface area (Å²) < 4.78 is 2.18. The number of aromatic nitrogens is 2. The largest absolute Gasteiger partial charge is 0.315 e. The van der Waals surface area contributed by atoms with Crippen molar-refractivity contribution in [3.8, 4) is 0 Å². The summed E-state index contributed by atoms with van der Waals surface area (Å²) in [6.45, 7) is 4.29. The highest BCUT2D eigenvalue weighted by molar-refractivity contribution is 5.75. The quantitative estimate of drug-likeness (QED) is 0.771. The maximum Gasteiger partial charge on any atom is 0.116 e. The smallest absolute Gasteiger partial charge is 0.116 e. The Bertz CT molecular complexity index is 469. The number of benzene rings is 1. The van der Waals surface area contributed by atoms with Crippen molar-refractivity contribution in [1.29, 1.82) is 0 Å². The van der Waals surface area contributed by atoms with Crippen molar-refractivity contribution in [3.05, 3.63) is 30.6 Å². The Labute approximate surface area is 94.9 Å². The molecular weight excluding hydrogens is 200 g/mol. The number of hydrogen-bond donors (Lipinski definition) is 1. The first-order valence-electron chi connectivity index (χ1n) is 5.83. The van der Waals surface area contributed by atoms with Gasteiger partial charge in [0.05, 0.1) is 11.0 Å². The zero-order valence-electron chi connectivity index (χ0n) is 9.26. The van der Waals surface area contributed by atoms with Crippen LogP contribution in [-0.4, -0.2) is 35.8 Å². The Morgan fingerprint density at radius 1 is 1.12 bits per heavy atom. The first-order valence-corrected chi connectivity index (χ1v) is 5.83. The van der Waals surface area contributed by atoms with Gasteiger partial charge < -0.3 is 10.3 Å². The molecular formula is C12H16N4. The van der Waals surface area contributed by atoms with Gasteiger partial charge in [0.1, 0.15) is 6.33 Å². The maximum atomic E-state index is 4.43. The number of hydrogen-bond acceptors (Lipinski definition) is 3. The third-order valence-electron chi connectivity index (χ3n) is 3.06. The molecule has 0 atom stereocenters. The van der Waals surface area contributed by atoms with Gasteiger partial charge in [-0.3, -0.25) is 0 Å². The van der Waals surface area contributed by atoms with E-state index < -0.39 is 0 Å². The summed E-state index contributed by atoms with van der Waals surface area (Å²) in [5, 5.41) is 5.77. The summed E-state index contributed by atoms with van der Waals surface area (Å²) in [4.78, 5) is 4.43. The third kappa shape index (κ3) is 1.65. The Morgan fingerprint density at radius 2 is 2.06 bits per heavy atom. The summed E-state index contributed by atoms with van der Waals surface area (Å²) in [5.74, 6) is 0. The summed E-state index contributed by atoms with van der Waals surface area (Å²) in [5.41, 5.74) is 2.27. The molecule has 1 aromatic heterocycles. The second-order valence-corrected chi connectivity index (χ2v) is 4.14. The molecule has 0 radical (unpaired) electrons. The van der Waals surface area contributed by atoms with Crippen LogP contribution in [0.3, 0.4) is 0 Å². The first-order chi connectivity index (χ1) is 7.95. The van der Waals surface area contributed by atoms with E-state index in [0.29, 0.717) is 0 Å². The van der Waals surface area contributed by atoms with Crippen molar-refractivity contribution in [2.75, 3.05) is 31.2 Å². The molecule has 16 heavy (non-hydrogen) atoms. The number of fused-ring (bicyclic) bond motifs is 1. The van der Waals surface area contributed by atoms with Crippen LogP contribution in [0.15, 0.2) is 30.6 Å². The predicted molar refractivity (Wildman–Crippen MR) is 65.2 cm³/mol. The van der Waals surface area contributed by atoms with Gasteiger partial charge >= 0.3 is 0 Å². The normalized spacial score (nSPS) is 17.6. The molecule has 1 N–H and O–H groups in total. The molecule has 1 aliphatic heterocycles. The lowest BCUT2D eigenvalue weighted by atomic mass is 10.3. The molecule has 4 nitrogen and oxygen atoms in total. The van der Waals surface area contributed by atoms with Crippen molar-refractivity contribution in [2.45, 2.75) is 6.42 Å². The summed E-state index contributed by atoms with van der Waals surface area (Å²) >= 11 is 0. The van der Waals surface area contributed by atoms with E-state index in [-0.39, 0.29) is 0 Å². The van der Waals surface area contributed by atoms with E-state index in [9.17, 15) is 0 Å². The molecule has 3 rings (SSSR count). The fourth-order valence-electron chi connectivity index (χ4n) is 2.22. The van der Waals surface area contributed by atoms with Crippen LogP contribution in [0.25, 0.3) is 11.0 Å². The lowest BCUT2D eigenvalue weighted by molar-refractivity contribution is 0.614. The Kier molecular flexibility index (Phi) is 2.50. The topological polar surface area (TPSA) is 33.1 Å². The molecule has 84 valence electrons. The van der Waals surface area contributed by atoms with Crippen molar-refractivity contribution in [2.24, 2.45) is 0 Å². The lowest BCUT2D eigenvalue weighted by Crippen LogP contribution is -2.36. The molecule has 4 heteroatoms. The summed E-state index contributed by atoms with van der Waals surface area (Å²) in [6, 6.07) is 8.28. The molecule has 1 aliphatic rings. The van der Waals surface area contributed by atoms with Crippen molar-refractivity contribution in [1.82, 2.24) is 15.0 Å². The monoisotopic (exact) mass is 216 g/mol. The van der Waals surface area contributed by atoms with Crippen molar-refractivity contribution in [3.63, 3.8) is 0 Å². The van der Waals surface area contributed by atoms with E-state index in [0.717, 1.165) is 31.7 Å². The van der Waals surface area contributed by atoms with Gasteiger partial charge in [-0.15, -0.1) is 0 Å². The first kappa shape index (κ1) is 9.66. The van der Waals surface area contributed by atoms with Crippen LogP contribution in [0.5, 0.6) is 0 Å². The fraction of sp³-hybridized carbons (Fsp3) is 0.417. The van der Waals surface area contributed by atoms with E-state index in [1.54, 1.807) is 0 Å². The third-order valence-corrected chi connectivity index (χ3v) is 3.06. The Hall–Kier alpha value is -1.55. The Balaban J connectivity index is 1.97. The van der Waals surface area contributed by atoms with Gasteiger partial charge in [-0.2, -0.15) is 0 Å². The van der Waals surface area contributed by atoms with Gasteiger partial charge in [-0.25, -0.2) is 9.66 Å². The zero-order chi connectivity index (χ0) is 10.8. The summed E-state index contributed by atoms with van der Waals surface area (Å²) in [7, 11) is 0. The minimum absolute atomic E-state index is 1.04. The molecule has 0 unspecified atom stereocenters. The van der Waals surface area contributed by atoms with E-state index in [1.165, 1.54) is 11.9 Å². The van der Waals surface area contributed by atoms with Crippen LogP contribution < -0.4 is 10.3 Å². The molecule has 0 saturated carbocycles. The van der Waals surface area contributed by atoms with Gasteiger partial charge in [-0.1, -0.05) is 12.1 Å². The SMILES string of the molecule is c1ccc2c(c1)ncn2N1CCCNCC1. The van der Waals surface area contributed by atoms with Gasteiger partial charge in [0.15, 0.2) is 0 Å². The molecule has 1 aromatic carbocycles. The fourth-order valence-corrected chi connectivity index (χ4v) is 2.22. The average molecular weight is 216 g/mol. The van der Waals surface area contributed by atoms with Gasteiger partial charge in [-0.05, 0) is 25.1 Å². The van der Waals surface area contributed by atoms with Crippen LogP contribution in [0, 0.1) is 0 Å². The average Bonchev–Trinajstić information content (AvgIpc) is 2.57. The van der Waals surface area contributed by atoms with Crippen molar-refractivity contribution < 1.29 is 0 Å². The molecule has 0 spiro atoms. The number of rotatable bonds is 1. The van der Waals surface area contributed by atoms with Crippen LogP contribution in [0.1, 0.15) is 6.42 Å². The number of para-hydroxylation sites is 2. The van der Waals surface area contributed by atoms with Crippen LogP contribution in [-0.2, 0) is 0 Å². The highest BCUT2D eigenvalue weighted by atomic mass is 15.6. The van der Waals surface area contributed by atoms with Crippen LogP contribution in [0.2, 0.25) is 0 Å². The second kappa shape index (κ2) is 4.14. The minimum atomic E-state index is 1.04. The number of nitrogens with one attached hydrogen (secondary N) is 1. The van der Waals surface area contributed by atoms with E-state index in [1.807, 2.05) is 12.4 Å². The minimum Gasteiger partial charge on any atom is -0.315 e. The highest BCUT2D eigenvalue weighted by Crippen LogP contribution is 2.12. The second-order valence-electron chi connectivity index (χ2n) is 4.14. The van der Waals surface area contributed by atoms with Gasteiger partial charge in [0.25, 0.3) is 0 Å². The highest BCUT2D eigenvalue weighted by Gasteiger charge is 2.11. The van der Waals surface area contributed by atoms with Gasteiger partial charge in [0.2, 0.25) is 0 Å². The molecule has 2 aromatic rings. The predicted octanol–water partition coefficient (Wildman–Crippen LogP) is 0.968. The molecule has 2 heterocycles. The van der Waals surface area contributed by atoms with Crippen molar-refractivity contribution >= 4 is 11.0 Å². The van der Waals surface area contributed by atoms with Crippen LogP contribution >= 0.6 is 0 Å². The number of imidazole rings is 1. The van der Waals surface area contributed by atoms with E-state index >= 15 is 0 Å². The standard InChI is InChI=1S/C12H16N4/c1-2-5-12-11(4-1)14-10-16(12)15-8-3-6-13-7-9-15/h1-2,4-5,10,13H,3,6-9H2. The van der Waals surface area contributed by atoms with Gasteiger partial charge in [0, 0.05) is 19.6 Å². The molecule has 1 fully saturated rings. The lowest BCUT2D eigenvalue weighted by Gasteiger charge is -2.23. The Morgan fingerprint density at radius 3 is 3.06 bits per heavy atom. The zero-order valence-corrected chi connectivity index (χ0v) is 9.26. The molecule has 1 saturated heterocycles. The van der Waals surface area contributed by atoms with E-state index in [2.05, 4.69) is 38.2 Å². The number of nitrogens with zero attached hydrogens (tertiary/aromatic N) is 3. The van der Waals surface area contributed by atoms with Crippen LogP contribution in [0.4, 0.5) is 0 Å².